The third-order valence-electron chi connectivity index (χ3n) is 2.23. The third kappa shape index (κ3) is 3.03. The molecule has 0 fully saturated rings. The van der Waals surface area contributed by atoms with Crippen LogP contribution in [0.3, 0.4) is 0 Å². The fourth-order valence-electron chi connectivity index (χ4n) is 1.14. The molecule has 88 valence electrons. The Kier molecular flexibility index (Phi) is 4.42. The smallest absolute Gasteiger partial charge is 0.271 e. The Morgan fingerprint density at radius 3 is 2.81 bits per heavy atom. The number of likely N-dealkylation sites (N-methyl/N-ethyl adjacent to an activating group) is 1. The molecule has 0 saturated carbocycles. The van der Waals surface area contributed by atoms with Crippen LogP contribution in [-0.2, 0) is 4.79 Å². The van der Waals surface area contributed by atoms with Gasteiger partial charge in [0, 0.05) is 19.0 Å². The topological polar surface area (TPSA) is 62.3 Å². The van der Waals surface area contributed by atoms with Crippen LogP contribution >= 0.6 is 11.3 Å². The molecule has 2 amide bonds. The fourth-order valence-corrected chi connectivity index (χ4v) is 1.68. The van der Waals surface area contributed by atoms with Crippen LogP contribution in [0.25, 0.3) is 0 Å². The number of carbonyl (C=O) groups is 2. The number of amides is 2. The Hall–Kier alpha value is -1.43. The molecule has 1 unspecified atom stereocenters. The van der Waals surface area contributed by atoms with E-state index < -0.39 is 6.04 Å². The standard InChI is InChI=1S/C10H15N3O2S/c1-4-13(3)10(15)7(2)12-9(14)8-5-16-6-11-8/h5-7H,4H2,1-3H3,(H,12,14). The van der Waals surface area contributed by atoms with Gasteiger partial charge < -0.3 is 10.2 Å². The van der Waals surface area contributed by atoms with E-state index in [4.69, 9.17) is 0 Å². The highest BCUT2D eigenvalue weighted by Crippen LogP contribution is 2.01. The maximum absolute atomic E-state index is 11.7. The molecule has 0 radical (unpaired) electrons. The van der Waals surface area contributed by atoms with Gasteiger partial charge in [0.1, 0.15) is 11.7 Å². The molecular weight excluding hydrogens is 226 g/mol. The van der Waals surface area contributed by atoms with E-state index in [2.05, 4.69) is 10.3 Å². The van der Waals surface area contributed by atoms with Crippen LogP contribution in [0.4, 0.5) is 0 Å². The second-order valence-electron chi connectivity index (χ2n) is 3.42. The average Bonchev–Trinajstić information content (AvgIpc) is 2.80. The summed E-state index contributed by atoms with van der Waals surface area (Å²) in [6, 6.07) is -0.529. The van der Waals surface area contributed by atoms with Crippen LogP contribution in [0.2, 0.25) is 0 Å². The molecule has 0 aliphatic rings. The lowest BCUT2D eigenvalue weighted by atomic mass is 10.3. The van der Waals surface area contributed by atoms with E-state index in [1.165, 1.54) is 11.3 Å². The zero-order valence-corrected chi connectivity index (χ0v) is 10.4. The SMILES string of the molecule is CCN(C)C(=O)C(C)NC(=O)c1cscn1. The Labute approximate surface area is 98.5 Å². The van der Waals surface area contributed by atoms with Crippen LogP contribution in [-0.4, -0.2) is 41.3 Å². The van der Waals surface area contributed by atoms with Crippen LogP contribution in [0.15, 0.2) is 10.9 Å². The van der Waals surface area contributed by atoms with Crippen molar-refractivity contribution in [2.75, 3.05) is 13.6 Å². The second kappa shape index (κ2) is 5.60. The highest BCUT2D eigenvalue weighted by molar-refractivity contribution is 7.07. The zero-order chi connectivity index (χ0) is 12.1. The van der Waals surface area contributed by atoms with Crippen LogP contribution in [0.1, 0.15) is 24.3 Å². The van der Waals surface area contributed by atoms with Gasteiger partial charge in [0.25, 0.3) is 5.91 Å². The summed E-state index contributed by atoms with van der Waals surface area (Å²) in [5.74, 6) is -0.419. The molecule has 0 saturated heterocycles. The minimum Gasteiger partial charge on any atom is -0.344 e. The highest BCUT2D eigenvalue weighted by atomic mass is 32.1. The van der Waals surface area contributed by atoms with Crippen molar-refractivity contribution in [1.82, 2.24) is 15.2 Å². The number of rotatable bonds is 4. The molecule has 0 aliphatic carbocycles. The van der Waals surface area contributed by atoms with E-state index >= 15 is 0 Å². The monoisotopic (exact) mass is 241 g/mol. The normalized spacial score (nSPS) is 11.9. The number of nitrogens with one attached hydrogen (secondary N) is 1. The van der Waals surface area contributed by atoms with Gasteiger partial charge in [-0.05, 0) is 13.8 Å². The molecule has 5 nitrogen and oxygen atoms in total. The first-order chi connectivity index (χ1) is 7.56. The van der Waals surface area contributed by atoms with Crippen molar-refractivity contribution < 1.29 is 9.59 Å². The van der Waals surface area contributed by atoms with Crippen LogP contribution in [0.5, 0.6) is 0 Å². The number of aromatic nitrogens is 1. The van der Waals surface area contributed by atoms with Crippen molar-refractivity contribution in [3.8, 4) is 0 Å². The van der Waals surface area contributed by atoms with Gasteiger partial charge in [-0.1, -0.05) is 0 Å². The van der Waals surface area contributed by atoms with Gasteiger partial charge in [-0.25, -0.2) is 4.98 Å². The van der Waals surface area contributed by atoms with Crippen LogP contribution in [0, 0.1) is 0 Å². The quantitative estimate of drug-likeness (QED) is 0.845. The van der Waals surface area contributed by atoms with E-state index in [0.717, 1.165) is 0 Å². The van der Waals surface area contributed by atoms with Crippen molar-refractivity contribution in [2.24, 2.45) is 0 Å². The fraction of sp³-hybridized carbons (Fsp3) is 0.500. The number of thiazole rings is 1. The molecule has 0 aromatic carbocycles. The minimum atomic E-state index is -0.529. The number of hydrogen-bond acceptors (Lipinski definition) is 4. The molecule has 1 rings (SSSR count). The van der Waals surface area contributed by atoms with Gasteiger partial charge in [-0.3, -0.25) is 9.59 Å². The molecule has 1 aromatic rings. The molecule has 0 spiro atoms. The van der Waals surface area contributed by atoms with Crippen LogP contribution < -0.4 is 5.32 Å². The van der Waals surface area contributed by atoms with Gasteiger partial charge in [-0.2, -0.15) is 0 Å². The Morgan fingerprint density at radius 2 is 2.31 bits per heavy atom. The maximum Gasteiger partial charge on any atom is 0.271 e. The zero-order valence-electron chi connectivity index (χ0n) is 9.56. The summed E-state index contributed by atoms with van der Waals surface area (Å²) < 4.78 is 0. The highest BCUT2D eigenvalue weighted by Gasteiger charge is 2.19. The minimum absolute atomic E-state index is 0.105. The second-order valence-corrected chi connectivity index (χ2v) is 4.14. The predicted molar refractivity (Wildman–Crippen MR) is 62.4 cm³/mol. The summed E-state index contributed by atoms with van der Waals surface area (Å²) in [4.78, 5) is 28.7. The Bertz CT molecular complexity index is 364. The lowest BCUT2D eigenvalue weighted by Gasteiger charge is -2.20. The molecule has 6 heteroatoms. The summed E-state index contributed by atoms with van der Waals surface area (Å²) in [6.07, 6.45) is 0. The first-order valence-corrected chi connectivity index (χ1v) is 5.94. The van der Waals surface area contributed by atoms with Crippen molar-refractivity contribution in [2.45, 2.75) is 19.9 Å². The van der Waals surface area contributed by atoms with Gasteiger partial charge in [0.15, 0.2) is 0 Å². The van der Waals surface area contributed by atoms with Gasteiger partial charge in [-0.15, -0.1) is 11.3 Å². The van der Waals surface area contributed by atoms with Crippen molar-refractivity contribution >= 4 is 23.2 Å². The molecule has 1 atom stereocenters. The molecule has 1 aromatic heterocycles. The summed E-state index contributed by atoms with van der Waals surface area (Å²) in [5, 5.41) is 4.26. The molecule has 0 aliphatic heterocycles. The third-order valence-corrected chi connectivity index (χ3v) is 2.82. The maximum atomic E-state index is 11.7. The lowest BCUT2D eigenvalue weighted by Crippen LogP contribution is -2.45. The van der Waals surface area contributed by atoms with Crippen molar-refractivity contribution in [3.63, 3.8) is 0 Å². The van der Waals surface area contributed by atoms with Gasteiger partial charge in [0.05, 0.1) is 5.51 Å². The van der Waals surface area contributed by atoms with E-state index in [1.807, 2.05) is 6.92 Å². The molecular formula is C10H15N3O2S. The summed E-state index contributed by atoms with van der Waals surface area (Å²) in [5.41, 5.74) is 1.93. The number of hydrogen-bond donors (Lipinski definition) is 1. The number of nitrogens with zero attached hydrogens (tertiary/aromatic N) is 2. The van der Waals surface area contributed by atoms with Gasteiger partial charge >= 0.3 is 0 Å². The first-order valence-electron chi connectivity index (χ1n) is 5.00. The predicted octanol–water partition coefficient (Wildman–Crippen LogP) is 0.740. The van der Waals surface area contributed by atoms with Crippen molar-refractivity contribution in [3.05, 3.63) is 16.6 Å². The molecule has 0 bridgehead atoms. The van der Waals surface area contributed by atoms with Crippen molar-refractivity contribution in [1.29, 1.82) is 0 Å². The largest absolute Gasteiger partial charge is 0.344 e. The average molecular weight is 241 g/mol. The lowest BCUT2D eigenvalue weighted by molar-refractivity contribution is -0.131. The van der Waals surface area contributed by atoms with E-state index in [0.29, 0.717) is 12.2 Å². The van der Waals surface area contributed by atoms with Gasteiger partial charge in [0.2, 0.25) is 5.91 Å². The number of carbonyl (C=O) groups excluding carboxylic acids is 2. The first kappa shape index (κ1) is 12.6. The molecule has 16 heavy (non-hydrogen) atoms. The molecule has 1 N–H and O–H groups in total. The molecule has 1 heterocycles. The van der Waals surface area contributed by atoms with E-state index in [1.54, 1.807) is 29.8 Å². The Morgan fingerprint density at radius 1 is 1.62 bits per heavy atom. The van der Waals surface area contributed by atoms with E-state index in [-0.39, 0.29) is 11.8 Å². The summed E-state index contributed by atoms with van der Waals surface area (Å²) in [6.45, 7) is 4.17. The van der Waals surface area contributed by atoms with E-state index in [9.17, 15) is 9.59 Å². The summed E-state index contributed by atoms with van der Waals surface area (Å²) in [7, 11) is 1.70. The Balaban J connectivity index is 2.55. The summed E-state index contributed by atoms with van der Waals surface area (Å²) >= 11 is 1.35.